The van der Waals surface area contributed by atoms with Crippen LogP contribution in [0.15, 0.2) is 0 Å². The van der Waals surface area contributed by atoms with Crippen LogP contribution in [0.4, 0.5) is 4.79 Å². The van der Waals surface area contributed by atoms with Crippen molar-refractivity contribution in [2.75, 3.05) is 13.2 Å². The summed E-state index contributed by atoms with van der Waals surface area (Å²) in [7, 11) is 0. The number of carbonyl (C=O) groups is 4. The number of aliphatic hydroxyl groups excluding tert-OH is 1. The van der Waals surface area contributed by atoms with Crippen molar-refractivity contribution in [2.45, 2.75) is 55.2 Å². The Balaban J connectivity index is 3.06. The number of esters is 3. The van der Waals surface area contributed by atoms with Gasteiger partial charge in [-0.1, -0.05) is 34.8 Å². The predicted octanol–water partition coefficient (Wildman–Crippen LogP) is 0.595. The highest BCUT2D eigenvalue weighted by atomic mass is 35.6. The summed E-state index contributed by atoms with van der Waals surface area (Å²) < 4.78 is 23.2. The number of nitrogens with one attached hydrogen (secondary N) is 1. The average Bonchev–Trinajstić information content (AvgIpc) is 2.55. The van der Waals surface area contributed by atoms with Crippen LogP contribution in [0.3, 0.4) is 0 Å². The Hall–Kier alpha value is -1.53. The minimum atomic E-state index is -1.89. The predicted molar refractivity (Wildman–Crippen MR) is 97.2 cm³/mol. The molecule has 0 aliphatic carbocycles. The van der Waals surface area contributed by atoms with Crippen molar-refractivity contribution < 1.29 is 48.0 Å². The number of ether oxygens (including phenoxy) is 5. The summed E-state index contributed by atoms with van der Waals surface area (Å²) in [6.07, 6.45) is -6.84. The van der Waals surface area contributed by atoms with Crippen LogP contribution in [-0.4, -0.2) is 76.8 Å². The lowest BCUT2D eigenvalue weighted by atomic mass is 9.96. The molecule has 1 fully saturated rings. The fraction of sp³-hybridized carbons (Fsp3) is 0.733. The van der Waals surface area contributed by atoms with E-state index in [4.69, 9.17) is 58.5 Å². The van der Waals surface area contributed by atoms with E-state index in [0.29, 0.717) is 0 Å². The Morgan fingerprint density at radius 1 is 0.966 bits per heavy atom. The van der Waals surface area contributed by atoms with E-state index in [0.717, 1.165) is 20.8 Å². The second-order valence-electron chi connectivity index (χ2n) is 5.88. The minimum absolute atomic E-state index is 0.424. The van der Waals surface area contributed by atoms with Gasteiger partial charge in [-0.05, 0) is 0 Å². The summed E-state index contributed by atoms with van der Waals surface area (Å²) in [4.78, 5) is 46.1. The van der Waals surface area contributed by atoms with Gasteiger partial charge in [0.15, 0.2) is 18.5 Å². The van der Waals surface area contributed by atoms with Crippen LogP contribution in [0.5, 0.6) is 0 Å². The second-order valence-corrected chi connectivity index (χ2v) is 8.39. The number of aliphatic hydroxyl groups is 1. The third-order valence-corrected chi connectivity index (χ3v) is 3.70. The maximum atomic E-state index is 12.0. The van der Waals surface area contributed by atoms with Gasteiger partial charge in [-0.2, -0.15) is 0 Å². The number of hydrogen-bond donors (Lipinski definition) is 2. The van der Waals surface area contributed by atoms with E-state index >= 15 is 0 Å². The van der Waals surface area contributed by atoms with Crippen LogP contribution in [0.25, 0.3) is 0 Å². The number of amides is 1. The third-order valence-electron chi connectivity index (χ3n) is 3.37. The summed E-state index contributed by atoms with van der Waals surface area (Å²) in [5.74, 6) is -2.25. The van der Waals surface area contributed by atoms with Gasteiger partial charge in [0.05, 0.1) is 0 Å². The summed E-state index contributed by atoms with van der Waals surface area (Å²) in [5, 5.41) is 12.5. The zero-order chi connectivity index (χ0) is 22.4. The molecule has 1 aliphatic rings. The van der Waals surface area contributed by atoms with Crippen LogP contribution < -0.4 is 5.32 Å². The van der Waals surface area contributed by atoms with E-state index in [9.17, 15) is 24.3 Å². The first-order valence-electron chi connectivity index (χ1n) is 8.11. The molecule has 0 spiro atoms. The lowest BCUT2D eigenvalue weighted by Gasteiger charge is -2.43. The molecular formula is C15H20Cl3NO10. The quantitative estimate of drug-likeness (QED) is 0.314. The smallest absolute Gasteiger partial charge is 0.407 e. The summed E-state index contributed by atoms with van der Waals surface area (Å²) in [6.45, 7) is 2.23. The number of halogens is 3. The van der Waals surface area contributed by atoms with Gasteiger partial charge < -0.3 is 34.1 Å². The first-order chi connectivity index (χ1) is 13.3. The Bertz CT molecular complexity index is 626. The third kappa shape index (κ3) is 9.22. The molecule has 2 unspecified atom stereocenters. The van der Waals surface area contributed by atoms with Gasteiger partial charge in [-0.25, -0.2) is 4.79 Å². The monoisotopic (exact) mass is 479 g/mol. The highest BCUT2D eigenvalue weighted by molar-refractivity contribution is 6.67. The molecule has 14 heteroatoms. The fourth-order valence-corrected chi connectivity index (χ4v) is 2.56. The van der Waals surface area contributed by atoms with Gasteiger partial charge in [0.2, 0.25) is 3.79 Å². The molecule has 0 aromatic rings. The first kappa shape index (κ1) is 25.5. The highest BCUT2D eigenvalue weighted by Gasteiger charge is 2.50. The van der Waals surface area contributed by atoms with Crippen LogP contribution in [0.2, 0.25) is 0 Å². The Labute approximate surface area is 180 Å². The van der Waals surface area contributed by atoms with Crippen molar-refractivity contribution in [1.82, 2.24) is 5.32 Å². The van der Waals surface area contributed by atoms with Gasteiger partial charge >= 0.3 is 24.0 Å². The lowest BCUT2D eigenvalue weighted by Crippen LogP contribution is -2.66. The van der Waals surface area contributed by atoms with Gasteiger partial charge in [-0.3, -0.25) is 14.4 Å². The molecule has 0 saturated carbocycles. The van der Waals surface area contributed by atoms with Crippen molar-refractivity contribution in [3.05, 3.63) is 0 Å². The van der Waals surface area contributed by atoms with Crippen LogP contribution in [0, 0.1) is 0 Å². The van der Waals surface area contributed by atoms with E-state index in [1.807, 2.05) is 0 Å². The molecule has 1 aliphatic heterocycles. The minimum Gasteiger partial charge on any atom is -0.463 e. The van der Waals surface area contributed by atoms with Crippen molar-refractivity contribution in [1.29, 1.82) is 0 Å². The number of rotatable bonds is 6. The Morgan fingerprint density at radius 3 is 2.00 bits per heavy atom. The van der Waals surface area contributed by atoms with Gasteiger partial charge in [0.25, 0.3) is 0 Å². The molecular weight excluding hydrogens is 461 g/mol. The molecule has 0 radical (unpaired) electrons. The molecule has 1 saturated heterocycles. The number of carbonyl (C=O) groups excluding carboxylic acids is 4. The fourth-order valence-electron chi connectivity index (χ4n) is 2.40. The maximum Gasteiger partial charge on any atom is 0.407 e. The van der Waals surface area contributed by atoms with Crippen LogP contribution >= 0.6 is 34.8 Å². The molecule has 5 atom stereocenters. The van der Waals surface area contributed by atoms with Gasteiger partial charge in [0, 0.05) is 20.8 Å². The van der Waals surface area contributed by atoms with E-state index in [2.05, 4.69) is 5.32 Å². The average molecular weight is 481 g/mol. The number of alkyl halides is 3. The lowest BCUT2D eigenvalue weighted by molar-refractivity contribution is -0.264. The van der Waals surface area contributed by atoms with Crippen molar-refractivity contribution in [2.24, 2.45) is 0 Å². The van der Waals surface area contributed by atoms with Gasteiger partial charge in [0.1, 0.15) is 25.4 Å². The summed E-state index contributed by atoms with van der Waals surface area (Å²) in [6, 6.07) is -1.43. The van der Waals surface area contributed by atoms with E-state index in [1.165, 1.54) is 0 Å². The van der Waals surface area contributed by atoms with Crippen LogP contribution in [0.1, 0.15) is 20.8 Å². The molecule has 0 bridgehead atoms. The normalized spacial score (nSPS) is 26.8. The Morgan fingerprint density at radius 2 is 1.52 bits per heavy atom. The zero-order valence-electron chi connectivity index (χ0n) is 15.6. The zero-order valence-corrected chi connectivity index (χ0v) is 17.8. The molecule has 1 rings (SSSR count). The molecule has 1 heterocycles. The molecule has 2 N–H and O–H groups in total. The topological polar surface area (TPSA) is 147 Å². The SMILES string of the molecule is CC(=O)OC[C@H]1OC(O)[C@H](NC(=O)OCC(Cl)(Cl)Cl)[C@@H](OC(C)=O)C1OC(C)=O. The number of hydrogen-bond acceptors (Lipinski definition) is 10. The first-order valence-corrected chi connectivity index (χ1v) is 9.25. The largest absolute Gasteiger partial charge is 0.463 e. The van der Waals surface area contributed by atoms with E-state index < -0.39 is 71.7 Å². The molecule has 11 nitrogen and oxygen atoms in total. The van der Waals surface area contributed by atoms with Crippen molar-refractivity contribution >= 4 is 58.8 Å². The molecule has 0 aromatic heterocycles. The second kappa shape index (κ2) is 11.0. The van der Waals surface area contributed by atoms with Crippen molar-refractivity contribution in [3.63, 3.8) is 0 Å². The molecule has 1 amide bonds. The Kier molecular flexibility index (Phi) is 9.69. The summed E-state index contributed by atoms with van der Waals surface area (Å²) >= 11 is 16.5. The standard InChI is InChI=1S/C15H20Cl3NO10/c1-6(20)25-4-9-11(27-7(2)21)12(28-8(3)22)10(13(23)29-9)19-14(24)26-5-15(16,17)18/h9-13,23H,4-5H2,1-3H3,(H,19,24)/t9-,10-,11?,12-,13?/m1/s1. The van der Waals surface area contributed by atoms with Crippen molar-refractivity contribution in [3.8, 4) is 0 Å². The van der Waals surface area contributed by atoms with Crippen LogP contribution in [-0.2, 0) is 38.1 Å². The van der Waals surface area contributed by atoms with Gasteiger partial charge in [-0.15, -0.1) is 0 Å². The molecule has 29 heavy (non-hydrogen) atoms. The van der Waals surface area contributed by atoms with E-state index in [1.54, 1.807) is 0 Å². The summed E-state index contributed by atoms with van der Waals surface area (Å²) in [5.41, 5.74) is 0. The number of alkyl carbamates (subject to hydrolysis) is 1. The maximum absolute atomic E-state index is 12.0. The highest BCUT2D eigenvalue weighted by Crippen LogP contribution is 2.27. The molecule has 166 valence electrons. The van der Waals surface area contributed by atoms with E-state index in [-0.39, 0.29) is 0 Å². The molecule has 0 aromatic carbocycles.